The molecule has 0 atom stereocenters. The summed E-state index contributed by atoms with van der Waals surface area (Å²) >= 11 is 1.40. The van der Waals surface area contributed by atoms with Gasteiger partial charge in [0, 0.05) is 6.92 Å². The number of thioether (sulfide) groups is 1. The van der Waals surface area contributed by atoms with Gasteiger partial charge in [-0.15, -0.1) is 11.8 Å². The largest absolute Gasteiger partial charge is 0.439 e. The predicted octanol–water partition coefficient (Wildman–Crippen LogP) is 1.60. The zero-order chi connectivity index (χ0) is 7.56. The summed E-state index contributed by atoms with van der Waals surface area (Å²) in [5, 5.41) is 0.660. The van der Waals surface area contributed by atoms with Crippen LogP contribution in [0.1, 0.15) is 17.5 Å². The molecule has 10 heavy (non-hydrogen) atoms. The highest BCUT2D eigenvalue weighted by atomic mass is 32.2. The lowest BCUT2D eigenvalue weighted by molar-refractivity contribution is 0.0983. The molecule has 1 aromatic rings. The maximum Gasteiger partial charge on any atom is 0.203 e. The molecule has 1 aromatic heterocycles. The van der Waals surface area contributed by atoms with Gasteiger partial charge >= 0.3 is 0 Å². The van der Waals surface area contributed by atoms with Gasteiger partial charge in [-0.25, -0.2) is 4.98 Å². The van der Waals surface area contributed by atoms with E-state index in [4.69, 9.17) is 4.42 Å². The molecule has 54 valence electrons. The Hall–Kier alpha value is -0.770. The van der Waals surface area contributed by atoms with Crippen molar-refractivity contribution in [3.8, 4) is 0 Å². The monoisotopic (exact) mass is 157 g/mol. The Kier molecular flexibility index (Phi) is 2.11. The second-order valence-electron chi connectivity index (χ2n) is 1.75. The van der Waals surface area contributed by atoms with Crippen molar-refractivity contribution >= 4 is 17.5 Å². The Balaban J connectivity index is 3.01. The van der Waals surface area contributed by atoms with Gasteiger partial charge in [0.1, 0.15) is 5.03 Å². The fourth-order valence-corrected chi connectivity index (χ4v) is 1.14. The molecule has 3 nitrogen and oxygen atoms in total. The summed E-state index contributed by atoms with van der Waals surface area (Å²) in [6.07, 6.45) is 3.13. The van der Waals surface area contributed by atoms with Crippen molar-refractivity contribution in [1.82, 2.24) is 4.98 Å². The van der Waals surface area contributed by atoms with Crippen LogP contribution in [-0.2, 0) is 0 Å². The normalized spacial score (nSPS) is 9.80. The summed E-state index contributed by atoms with van der Waals surface area (Å²) in [7, 11) is 0. The summed E-state index contributed by atoms with van der Waals surface area (Å²) in [4.78, 5) is 14.6. The van der Waals surface area contributed by atoms with Crippen molar-refractivity contribution in [2.45, 2.75) is 11.9 Å². The van der Waals surface area contributed by atoms with Gasteiger partial charge in [-0.05, 0) is 6.26 Å². The molecule has 0 N–H and O–H groups in total. The van der Waals surface area contributed by atoms with Crippen molar-refractivity contribution < 1.29 is 9.21 Å². The van der Waals surface area contributed by atoms with Gasteiger partial charge in [0.05, 0.1) is 0 Å². The molecule has 0 unspecified atom stereocenters. The minimum absolute atomic E-state index is 0.0816. The van der Waals surface area contributed by atoms with E-state index in [1.54, 1.807) is 0 Å². The minimum Gasteiger partial charge on any atom is -0.439 e. The topological polar surface area (TPSA) is 43.1 Å². The Morgan fingerprint density at radius 1 is 1.80 bits per heavy atom. The lowest BCUT2D eigenvalue weighted by Crippen LogP contribution is -1.90. The third-order valence-electron chi connectivity index (χ3n) is 1.05. The highest BCUT2D eigenvalue weighted by Crippen LogP contribution is 2.17. The molecule has 1 rings (SSSR count). The third kappa shape index (κ3) is 1.21. The van der Waals surface area contributed by atoms with Crippen LogP contribution in [0.15, 0.2) is 15.8 Å². The first kappa shape index (κ1) is 7.34. The summed E-state index contributed by atoms with van der Waals surface area (Å²) in [6.45, 7) is 1.46. The second-order valence-corrected chi connectivity index (χ2v) is 2.54. The predicted molar refractivity (Wildman–Crippen MR) is 38.3 cm³/mol. The number of ketones is 1. The zero-order valence-corrected chi connectivity index (χ0v) is 6.57. The molecule has 0 aliphatic rings. The number of carbonyl (C=O) groups is 1. The van der Waals surface area contributed by atoms with Gasteiger partial charge in [-0.1, -0.05) is 0 Å². The van der Waals surface area contributed by atoms with Gasteiger partial charge in [-0.2, -0.15) is 0 Å². The van der Waals surface area contributed by atoms with Crippen LogP contribution in [0, 0.1) is 0 Å². The van der Waals surface area contributed by atoms with Crippen LogP contribution in [0.4, 0.5) is 0 Å². The van der Waals surface area contributed by atoms with Crippen molar-refractivity contribution in [2.24, 2.45) is 0 Å². The molecule has 0 aliphatic carbocycles. The molecule has 0 amide bonds. The fraction of sp³-hybridized carbons (Fsp3) is 0.333. The molecule has 0 aliphatic heterocycles. The molecule has 0 fully saturated rings. The third-order valence-corrected chi connectivity index (χ3v) is 1.73. The van der Waals surface area contributed by atoms with Crippen LogP contribution >= 0.6 is 11.8 Å². The number of Topliss-reactive ketones (excluding diaryl/α,β-unsaturated/α-hetero) is 1. The van der Waals surface area contributed by atoms with Crippen molar-refractivity contribution in [1.29, 1.82) is 0 Å². The van der Waals surface area contributed by atoms with E-state index in [0.717, 1.165) is 0 Å². The lowest BCUT2D eigenvalue weighted by Gasteiger charge is -1.88. The van der Waals surface area contributed by atoms with E-state index in [1.807, 2.05) is 6.26 Å². The molecule has 0 bridgehead atoms. The standard InChI is InChI=1S/C6H7NO2S/c1-4(8)5-6(10-2)7-3-9-5/h3H,1-2H3. The molecule has 0 radical (unpaired) electrons. The number of carbonyl (C=O) groups excluding carboxylic acids is 1. The Bertz CT molecular complexity index is 244. The molecule has 0 saturated carbocycles. The van der Waals surface area contributed by atoms with Crippen molar-refractivity contribution in [2.75, 3.05) is 6.26 Å². The number of hydrogen-bond acceptors (Lipinski definition) is 4. The fourth-order valence-electron chi connectivity index (χ4n) is 0.615. The van der Waals surface area contributed by atoms with E-state index >= 15 is 0 Å². The van der Waals surface area contributed by atoms with Gasteiger partial charge in [0.2, 0.25) is 5.76 Å². The lowest BCUT2D eigenvalue weighted by atomic mass is 10.4. The van der Waals surface area contributed by atoms with Crippen LogP contribution < -0.4 is 0 Å². The number of rotatable bonds is 2. The SMILES string of the molecule is CSc1ncoc1C(C)=O. The first-order valence-corrected chi connectivity index (χ1v) is 3.96. The molecule has 0 aromatic carbocycles. The summed E-state index contributed by atoms with van der Waals surface area (Å²) in [6, 6.07) is 0. The summed E-state index contributed by atoms with van der Waals surface area (Å²) in [5.41, 5.74) is 0. The van der Waals surface area contributed by atoms with E-state index in [1.165, 1.54) is 25.1 Å². The number of aromatic nitrogens is 1. The van der Waals surface area contributed by atoms with Crippen LogP contribution in [0.25, 0.3) is 0 Å². The average molecular weight is 157 g/mol. The zero-order valence-electron chi connectivity index (χ0n) is 5.75. The van der Waals surface area contributed by atoms with Crippen LogP contribution in [-0.4, -0.2) is 17.0 Å². The quantitative estimate of drug-likeness (QED) is 0.483. The Labute approximate surface area is 62.8 Å². The van der Waals surface area contributed by atoms with E-state index in [-0.39, 0.29) is 5.78 Å². The molecule has 1 heterocycles. The van der Waals surface area contributed by atoms with Gasteiger partial charge in [-0.3, -0.25) is 4.79 Å². The number of nitrogens with zero attached hydrogens (tertiary/aromatic N) is 1. The smallest absolute Gasteiger partial charge is 0.203 e. The van der Waals surface area contributed by atoms with Crippen molar-refractivity contribution in [3.63, 3.8) is 0 Å². The second kappa shape index (κ2) is 2.88. The number of oxazole rings is 1. The van der Waals surface area contributed by atoms with Gasteiger partial charge in [0.25, 0.3) is 0 Å². The van der Waals surface area contributed by atoms with E-state index in [9.17, 15) is 4.79 Å². The molecule has 0 saturated heterocycles. The van der Waals surface area contributed by atoms with E-state index in [0.29, 0.717) is 10.8 Å². The van der Waals surface area contributed by atoms with E-state index < -0.39 is 0 Å². The maximum absolute atomic E-state index is 10.7. The molecule has 0 spiro atoms. The number of hydrogen-bond donors (Lipinski definition) is 0. The van der Waals surface area contributed by atoms with Crippen LogP contribution in [0.2, 0.25) is 0 Å². The first-order chi connectivity index (χ1) is 4.75. The summed E-state index contributed by atoms with van der Waals surface area (Å²) < 4.78 is 4.84. The highest BCUT2D eigenvalue weighted by Gasteiger charge is 2.10. The molecular formula is C6H7NO2S. The first-order valence-electron chi connectivity index (χ1n) is 2.74. The summed E-state index contributed by atoms with van der Waals surface area (Å²) in [5.74, 6) is 0.273. The van der Waals surface area contributed by atoms with Gasteiger partial charge < -0.3 is 4.42 Å². The maximum atomic E-state index is 10.7. The minimum atomic E-state index is -0.0816. The van der Waals surface area contributed by atoms with Gasteiger partial charge in [0.15, 0.2) is 12.2 Å². The average Bonchev–Trinajstić information content (AvgIpc) is 2.33. The molecular weight excluding hydrogens is 150 g/mol. The Morgan fingerprint density at radius 2 is 2.50 bits per heavy atom. The highest BCUT2D eigenvalue weighted by molar-refractivity contribution is 7.98. The molecule has 4 heteroatoms. The van der Waals surface area contributed by atoms with E-state index in [2.05, 4.69) is 4.98 Å². The van der Waals surface area contributed by atoms with Crippen molar-refractivity contribution in [3.05, 3.63) is 12.2 Å². The van der Waals surface area contributed by atoms with Crippen LogP contribution in [0.3, 0.4) is 0 Å². The Morgan fingerprint density at radius 3 is 2.90 bits per heavy atom. The van der Waals surface area contributed by atoms with Crippen LogP contribution in [0.5, 0.6) is 0 Å².